The van der Waals surface area contributed by atoms with E-state index in [-0.39, 0.29) is 23.5 Å². The molecule has 10 heteroatoms. The molecule has 3 rings (SSSR count). The predicted octanol–water partition coefficient (Wildman–Crippen LogP) is 3.20. The van der Waals surface area contributed by atoms with Gasteiger partial charge in [0.2, 0.25) is 5.82 Å². The number of alkyl halides is 3. The number of hydrogen-bond donors (Lipinski definition) is 1. The average Bonchev–Trinajstić information content (AvgIpc) is 2.91. The molecule has 0 amide bonds. The minimum Gasteiger partial charge on any atom is -0.398 e. The van der Waals surface area contributed by atoms with Gasteiger partial charge in [0.25, 0.3) is 0 Å². The molecule has 0 saturated carbocycles. The van der Waals surface area contributed by atoms with E-state index in [1.54, 1.807) is 32.3 Å². The Balaban J connectivity index is 2.15. The number of anilines is 2. The molecular formula is C15H14ClF3N6. The largest absolute Gasteiger partial charge is 0.451 e. The highest BCUT2D eigenvalue weighted by Gasteiger charge is 2.36. The standard InChI is InChI=1S/C15H14ClF3N6/c1-24(2)12-11-13(23-14(22-12)15(17,18)19)25(7-21-11)6-8-3-4-9(16)5-10(8)20/h3-5,7H,6,20H2,1-2H3. The van der Waals surface area contributed by atoms with Gasteiger partial charge in [0, 0.05) is 24.8 Å². The van der Waals surface area contributed by atoms with E-state index >= 15 is 0 Å². The van der Waals surface area contributed by atoms with Crippen LogP contribution in [-0.4, -0.2) is 33.6 Å². The smallest absolute Gasteiger partial charge is 0.398 e. The maximum absolute atomic E-state index is 13.1. The summed E-state index contributed by atoms with van der Waals surface area (Å²) in [6.07, 6.45) is -3.24. The Morgan fingerprint density at radius 1 is 1.24 bits per heavy atom. The van der Waals surface area contributed by atoms with E-state index in [2.05, 4.69) is 15.0 Å². The second-order valence-corrected chi connectivity index (χ2v) is 6.09. The number of nitrogens with zero attached hydrogens (tertiary/aromatic N) is 5. The zero-order valence-electron chi connectivity index (χ0n) is 13.3. The lowest BCUT2D eigenvalue weighted by molar-refractivity contribution is -0.144. The maximum atomic E-state index is 13.1. The number of fused-ring (bicyclic) bond motifs is 1. The zero-order chi connectivity index (χ0) is 18.4. The van der Waals surface area contributed by atoms with E-state index in [0.29, 0.717) is 16.3 Å². The lowest BCUT2D eigenvalue weighted by atomic mass is 10.2. The summed E-state index contributed by atoms with van der Waals surface area (Å²) in [7, 11) is 3.19. The first-order chi connectivity index (χ1) is 11.7. The molecule has 0 radical (unpaired) electrons. The summed E-state index contributed by atoms with van der Waals surface area (Å²) in [5.41, 5.74) is 7.42. The Bertz CT molecular complexity index is 935. The van der Waals surface area contributed by atoms with Crippen LogP contribution in [0.25, 0.3) is 11.2 Å². The van der Waals surface area contributed by atoms with Crippen LogP contribution in [0.4, 0.5) is 24.7 Å². The molecule has 1 aromatic carbocycles. The molecule has 25 heavy (non-hydrogen) atoms. The van der Waals surface area contributed by atoms with Crippen LogP contribution in [0.3, 0.4) is 0 Å². The van der Waals surface area contributed by atoms with Crippen LogP contribution >= 0.6 is 11.6 Å². The molecule has 2 heterocycles. The Labute approximate surface area is 146 Å². The molecule has 0 unspecified atom stereocenters. The van der Waals surface area contributed by atoms with Crippen molar-refractivity contribution >= 4 is 34.3 Å². The SMILES string of the molecule is CN(C)c1nc(C(F)(F)F)nc2c1ncn2Cc1ccc(Cl)cc1N. The summed E-state index contributed by atoms with van der Waals surface area (Å²) in [4.78, 5) is 12.9. The molecule has 2 N–H and O–H groups in total. The summed E-state index contributed by atoms with van der Waals surface area (Å²) >= 11 is 5.87. The normalized spacial score (nSPS) is 11.9. The number of nitrogen functional groups attached to an aromatic ring is 1. The number of benzene rings is 1. The topological polar surface area (TPSA) is 72.9 Å². The van der Waals surface area contributed by atoms with Crippen molar-refractivity contribution in [1.82, 2.24) is 19.5 Å². The number of imidazole rings is 1. The van der Waals surface area contributed by atoms with E-state index in [9.17, 15) is 13.2 Å². The maximum Gasteiger partial charge on any atom is 0.451 e. The van der Waals surface area contributed by atoms with Crippen LogP contribution in [0, 0.1) is 0 Å². The van der Waals surface area contributed by atoms with Crippen LogP contribution < -0.4 is 10.6 Å². The van der Waals surface area contributed by atoms with Gasteiger partial charge in [-0.25, -0.2) is 15.0 Å². The van der Waals surface area contributed by atoms with Crippen molar-refractivity contribution in [3.63, 3.8) is 0 Å². The molecule has 0 aliphatic carbocycles. The number of aromatic nitrogens is 4. The summed E-state index contributed by atoms with van der Waals surface area (Å²) in [6.45, 7) is 0.209. The molecule has 0 fully saturated rings. The molecule has 0 aliphatic rings. The van der Waals surface area contributed by atoms with Gasteiger partial charge >= 0.3 is 6.18 Å². The molecule has 132 valence electrons. The van der Waals surface area contributed by atoms with Gasteiger partial charge in [0.05, 0.1) is 12.9 Å². The quantitative estimate of drug-likeness (QED) is 0.717. The van der Waals surface area contributed by atoms with Crippen molar-refractivity contribution < 1.29 is 13.2 Å². The van der Waals surface area contributed by atoms with Gasteiger partial charge in [-0.05, 0) is 17.7 Å². The van der Waals surface area contributed by atoms with Crippen molar-refractivity contribution in [3.05, 3.63) is 40.9 Å². The van der Waals surface area contributed by atoms with Crippen molar-refractivity contribution in [3.8, 4) is 0 Å². The molecular weight excluding hydrogens is 357 g/mol. The minimum atomic E-state index is -4.66. The van der Waals surface area contributed by atoms with Gasteiger partial charge in [-0.15, -0.1) is 0 Å². The van der Waals surface area contributed by atoms with Crippen LogP contribution in [0.5, 0.6) is 0 Å². The summed E-state index contributed by atoms with van der Waals surface area (Å²) in [6, 6.07) is 4.95. The second kappa shape index (κ2) is 6.07. The lowest BCUT2D eigenvalue weighted by Crippen LogP contribution is -2.18. The van der Waals surface area contributed by atoms with E-state index in [4.69, 9.17) is 17.3 Å². The minimum absolute atomic E-state index is 0.0837. The Morgan fingerprint density at radius 3 is 2.56 bits per heavy atom. The molecule has 2 aromatic heterocycles. The monoisotopic (exact) mass is 370 g/mol. The molecule has 0 bridgehead atoms. The molecule has 0 saturated heterocycles. The van der Waals surface area contributed by atoms with Crippen molar-refractivity contribution in [2.24, 2.45) is 0 Å². The van der Waals surface area contributed by atoms with Gasteiger partial charge in [-0.2, -0.15) is 13.2 Å². The summed E-state index contributed by atoms with van der Waals surface area (Å²) in [5.74, 6) is -1.12. The van der Waals surface area contributed by atoms with Crippen LogP contribution in [-0.2, 0) is 12.7 Å². The first-order valence-corrected chi connectivity index (χ1v) is 7.56. The zero-order valence-corrected chi connectivity index (χ0v) is 14.1. The van der Waals surface area contributed by atoms with Crippen molar-refractivity contribution in [2.45, 2.75) is 12.7 Å². The Kier molecular flexibility index (Phi) is 4.19. The number of halogens is 4. The molecule has 0 atom stereocenters. The number of nitrogens with two attached hydrogens (primary N) is 1. The van der Waals surface area contributed by atoms with E-state index < -0.39 is 12.0 Å². The Morgan fingerprint density at radius 2 is 1.96 bits per heavy atom. The van der Waals surface area contributed by atoms with Gasteiger partial charge in [0.1, 0.15) is 0 Å². The first kappa shape index (κ1) is 17.3. The van der Waals surface area contributed by atoms with Gasteiger partial charge in [-0.3, -0.25) is 0 Å². The highest BCUT2D eigenvalue weighted by molar-refractivity contribution is 6.30. The van der Waals surface area contributed by atoms with Crippen LogP contribution in [0.2, 0.25) is 5.02 Å². The van der Waals surface area contributed by atoms with Crippen molar-refractivity contribution in [1.29, 1.82) is 0 Å². The van der Waals surface area contributed by atoms with Crippen LogP contribution in [0.15, 0.2) is 24.5 Å². The second-order valence-electron chi connectivity index (χ2n) is 5.65. The van der Waals surface area contributed by atoms with Gasteiger partial charge in [-0.1, -0.05) is 17.7 Å². The fraction of sp³-hybridized carbons (Fsp3) is 0.267. The molecule has 3 aromatic rings. The number of rotatable bonds is 3. The highest BCUT2D eigenvalue weighted by Crippen LogP contribution is 2.31. The fourth-order valence-corrected chi connectivity index (χ4v) is 2.56. The van der Waals surface area contributed by atoms with E-state index in [0.717, 1.165) is 0 Å². The predicted molar refractivity (Wildman–Crippen MR) is 89.6 cm³/mol. The van der Waals surface area contributed by atoms with Crippen LogP contribution in [0.1, 0.15) is 11.4 Å². The fourth-order valence-electron chi connectivity index (χ4n) is 2.38. The van der Waals surface area contributed by atoms with E-state index in [1.165, 1.54) is 15.8 Å². The van der Waals surface area contributed by atoms with E-state index in [1.807, 2.05) is 0 Å². The molecule has 0 spiro atoms. The van der Waals surface area contributed by atoms with Gasteiger partial charge in [0.15, 0.2) is 17.0 Å². The van der Waals surface area contributed by atoms with Gasteiger partial charge < -0.3 is 15.2 Å². The van der Waals surface area contributed by atoms with Crippen molar-refractivity contribution in [2.75, 3.05) is 24.7 Å². The molecule has 0 aliphatic heterocycles. The highest BCUT2D eigenvalue weighted by atomic mass is 35.5. The third kappa shape index (κ3) is 3.32. The summed E-state index contributed by atoms with van der Waals surface area (Å²) in [5, 5.41) is 0.480. The number of hydrogen-bond acceptors (Lipinski definition) is 5. The lowest BCUT2D eigenvalue weighted by Gasteiger charge is -2.15. The first-order valence-electron chi connectivity index (χ1n) is 7.18. The molecule has 6 nitrogen and oxygen atoms in total. The third-order valence-electron chi connectivity index (χ3n) is 3.57. The summed E-state index contributed by atoms with van der Waals surface area (Å²) < 4.78 is 40.9. The average molecular weight is 371 g/mol. The Hall–Kier alpha value is -2.55. The third-order valence-corrected chi connectivity index (χ3v) is 3.81.